The number of fused-ring (bicyclic) bond motifs is 1. The van der Waals surface area contributed by atoms with Crippen LogP contribution in [0.3, 0.4) is 0 Å². The van der Waals surface area contributed by atoms with Crippen LogP contribution in [0.1, 0.15) is 29.6 Å². The molecule has 2 aliphatic rings. The first-order valence-corrected chi connectivity index (χ1v) is 7.13. The standard InChI is InChI=1S/C15H20N2O3/c16-12-5-1-3-9-7-17(8-11(9)12)15(20)10-4-2-6-13(18)14(10)19/h2,4,6,9,11-12,18-19H,1,3,5,7-8,16H2. The van der Waals surface area contributed by atoms with Gasteiger partial charge in [0, 0.05) is 19.1 Å². The maximum atomic E-state index is 12.5. The lowest BCUT2D eigenvalue weighted by molar-refractivity contribution is 0.0779. The van der Waals surface area contributed by atoms with Gasteiger partial charge >= 0.3 is 0 Å². The minimum absolute atomic E-state index is 0.164. The Bertz CT molecular complexity index is 532. The second kappa shape index (κ2) is 4.98. The zero-order chi connectivity index (χ0) is 14.3. The highest BCUT2D eigenvalue weighted by atomic mass is 16.3. The van der Waals surface area contributed by atoms with E-state index < -0.39 is 0 Å². The Hall–Kier alpha value is -1.75. The van der Waals surface area contributed by atoms with E-state index in [1.165, 1.54) is 6.07 Å². The van der Waals surface area contributed by atoms with E-state index in [-0.39, 0.29) is 29.0 Å². The normalized spacial score (nSPS) is 29.2. The first-order valence-electron chi connectivity index (χ1n) is 7.13. The number of phenols is 2. The van der Waals surface area contributed by atoms with Gasteiger partial charge in [-0.25, -0.2) is 0 Å². The van der Waals surface area contributed by atoms with Crippen LogP contribution in [-0.2, 0) is 0 Å². The molecule has 1 amide bonds. The molecule has 0 radical (unpaired) electrons. The fourth-order valence-corrected chi connectivity index (χ4v) is 3.56. The number of hydrogen-bond acceptors (Lipinski definition) is 4. The number of phenolic OH excluding ortho intramolecular Hbond substituents is 2. The van der Waals surface area contributed by atoms with Crippen molar-refractivity contribution in [3.63, 3.8) is 0 Å². The smallest absolute Gasteiger partial charge is 0.257 e. The summed E-state index contributed by atoms with van der Waals surface area (Å²) in [5.41, 5.74) is 6.31. The van der Waals surface area contributed by atoms with Gasteiger partial charge in [0.05, 0.1) is 5.56 Å². The van der Waals surface area contributed by atoms with Gasteiger partial charge in [0.25, 0.3) is 5.91 Å². The molecule has 5 heteroatoms. The van der Waals surface area contributed by atoms with Gasteiger partial charge < -0.3 is 20.8 Å². The molecule has 108 valence electrons. The minimum atomic E-state index is -0.336. The summed E-state index contributed by atoms with van der Waals surface area (Å²) in [5, 5.41) is 19.3. The number of rotatable bonds is 1. The molecule has 5 nitrogen and oxygen atoms in total. The van der Waals surface area contributed by atoms with Crippen LogP contribution in [0.5, 0.6) is 11.5 Å². The average molecular weight is 276 g/mol. The highest BCUT2D eigenvalue weighted by Crippen LogP contribution is 2.37. The second-order valence-electron chi connectivity index (χ2n) is 5.90. The van der Waals surface area contributed by atoms with Crippen LogP contribution in [0.4, 0.5) is 0 Å². The van der Waals surface area contributed by atoms with Gasteiger partial charge in [-0.15, -0.1) is 0 Å². The number of aromatic hydroxyl groups is 2. The van der Waals surface area contributed by atoms with E-state index in [2.05, 4.69) is 0 Å². The van der Waals surface area contributed by atoms with Crippen LogP contribution in [0.2, 0.25) is 0 Å². The summed E-state index contributed by atoms with van der Waals surface area (Å²) in [6.45, 7) is 1.35. The number of carbonyl (C=O) groups is 1. The molecule has 1 aromatic rings. The number of para-hydroxylation sites is 1. The lowest BCUT2D eigenvalue weighted by Crippen LogP contribution is -2.38. The van der Waals surface area contributed by atoms with Crippen LogP contribution in [0, 0.1) is 11.8 Å². The highest BCUT2D eigenvalue weighted by molar-refractivity contribution is 5.97. The summed E-state index contributed by atoms with van der Waals surface area (Å²) >= 11 is 0. The molecule has 3 atom stereocenters. The van der Waals surface area contributed by atoms with Crippen LogP contribution in [0.25, 0.3) is 0 Å². The largest absolute Gasteiger partial charge is 0.504 e. The summed E-state index contributed by atoms with van der Waals surface area (Å²) in [5.74, 6) is 0.0233. The third-order valence-electron chi connectivity index (χ3n) is 4.69. The second-order valence-corrected chi connectivity index (χ2v) is 5.90. The predicted octanol–water partition coefficient (Wildman–Crippen LogP) is 1.30. The molecule has 1 aliphatic heterocycles. The van der Waals surface area contributed by atoms with Gasteiger partial charge in [0.1, 0.15) is 0 Å². The molecule has 0 aromatic heterocycles. The van der Waals surface area contributed by atoms with E-state index in [0.717, 1.165) is 19.3 Å². The first-order chi connectivity index (χ1) is 9.58. The number of carbonyl (C=O) groups excluding carboxylic acids is 1. The quantitative estimate of drug-likeness (QED) is 0.675. The lowest BCUT2D eigenvalue weighted by atomic mass is 9.78. The maximum Gasteiger partial charge on any atom is 0.257 e. The molecule has 1 heterocycles. The zero-order valence-corrected chi connectivity index (χ0v) is 11.3. The monoisotopic (exact) mass is 276 g/mol. The minimum Gasteiger partial charge on any atom is -0.504 e. The van der Waals surface area contributed by atoms with Crippen molar-refractivity contribution in [2.24, 2.45) is 17.6 Å². The van der Waals surface area contributed by atoms with E-state index in [9.17, 15) is 15.0 Å². The molecule has 1 aliphatic carbocycles. The van der Waals surface area contributed by atoms with Gasteiger partial charge in [-0.05, 0) is 36.8 Å². The fraction of sp³-hybridized carbons (Fsp3) is 0.533. The van der Waals surface area contributed by atoms with Gasteiger partial charge in [-0.2, -0.15) is 0 Å². The molecule has 1 aromatic carbocycles. The number of hydrogen-bond donors (Lipinski definition) is 3. The molecular weight excluding hydrogens is 256 g/mol. The Kier molecular flexibility index (Phi) is 3.30. The van der Waals surface area contributed by atoms with Crippen molar-refractivity contribution >= 4 is 5.91 Å². The maximum absolute atomic E-state index is 12.5. The molecular formula is C15H20N2O3. The van der Waals surface area contributed by atoms with Crippen molar-refractivity contribution < 1.29 is 15.0 Å². The Labute approximate surface area is 118 Å². The Morgan fingerprint density at radius 3 is 2.80 bits per heavy atom. The highest BCUT2D eigenvalue weighted by Gasteiger charge is 2.40. The zero-order valence-electron chi connectivity index (χ0n) is 11.3. The third kappa shape index (κ3) is 2.12. The van der Waals surface area contributed by atoms with Crippen LogP contribution >= 0.6 is 0 Å². The molecule has 20 heavy (non-hydrogen) atoms. The molecule has 4 N–H and O–H groups in total. The lowest BCUT2D eigenvalue weighted by Gasteiger charge is -2.29. The predicted molar refractivity (Wildman–Crippen MR) is 74.5 cm³/mol. The summed E-state index contributed by atoms with van der Waals surface area (Å²) in [7, 11) is 0. The fourth-order valence-electron chi connectivity index (χ4n) is 3.56. The van der Waals surface area contributed by atoms with Gasteiger partial charge in [-0.3, -0.25) is 4.79 Å². The molecule has 0 spiro atoms. The van der Waals surface area contributed by atoms with Crippen molar-refractivity contribution in [2.45, 2.75) is 25.3 Å². The van der Waals surface area contributed by atoms with E-state index in [0.29, 0.717) is 24.9 Å². The molecule has 1 saturated heterocycles. The Morgan fingerprint density at radius 1 is 1.25 bits per heavy atom. The van der Waals surface area contributed by atoms with Gasteiger partial charge in [0.2, 0.25) is 0 Å². The summed E-state index contributed by atoms with van der Waals surface area (Å²) in [4.78, 5) is 14.2. The van der Waals surface area contributed by atoms with Crippen molar-refractivity contribution in [1.82, 2.24) is 4.90 Å². The van der Waals surface area contributed by atoms with Crippen LogP contribution in [-0.4, -0.2) is 40.2 Å². The Morgan fingerprint density at radius 2 is 2.05 bits per heavy atom. The molecule has 3 unspecified atom stereocenters. The third-order valence-corrected chi connectivity index (χ3v) is 4.69. The van der Waals surface area contributed by atoms with Gasteiger partial charge in [0.15, 0.2) is 11.5 Å². The van der Waals surface area contributed by atoms with Crippen LogP contribution in [0.15, 0.2) is 18.2 Å². The number of amides is 1. The molecule has 0 bridgehead atoms. The van der Waals surface area contributed by atoms with Gasteiger partial charge in [-0.1, -0.05) is 12.5 Å². The summed E-state index contributed by atoms with van der Waals surface area (Å²) in [6, 6.07) is 4.65. The van der Waals surface area contributed by atoms with E-state index in [1.54, 1.807) is 17.0 Å². The number of nitrogens with zero attached hydrogens (tertiary/aromatic N) is 1. The molecule has 1 saturated carbocycles. The van der Waals surface area contributed by atoms with Crippen molar-refractivity contribution in [3.8, 4) is 11.5 Å². The molecule has 3 rings (SSSR count). The SMILES string of the molecule is NC1CCCC2CN(C(=O)c3cccc(O)c3O)CC12. The van der Waals surface area contributed by atoms with E-state index in [4.69, 9.17) is 5.73 Å². The summed E-state index contributed by atoms with van der Waals surface area (Å²) in [6.07, 6.45) is 3.27. The topological polar surface area (TPSA) is 86.8 Å². The van der Waals surface area contributed by atoms with Crippen molar-refractivity contribution in [3.05, 3.63) is 23.8 Å². The van der Waals surface area contributed by atoms with E-state index in [1.807, 2.05) is 0 Å². The van der Waals surface area contributed by atoms with Crippen LogP contribution < -0.4 is 5.73 Å². The van der Waals surface area contributed by atoms with Crippen molar-refractivity contribution in [2.75, 3.05) is 13.1 Å². The average Bonchev–Trinajstić information content (AvgIpc) is 2.87. The number of benzene rings is 1. The Balaban J connectivity index is 1.80. The molecule has 2 fully saturated rings. The number of likely N-dealkylation sites (tertiary alicyclic amines) is 1. The van der Waals surface area contributed by atoms with Crippen molar-refractivity contribution in [1.29, 1.82) is 0 Å². The first kappa shape index (κ1) is 13.2. The summed E-state index contributed by atoms with van der Waals surface area (Å²) < 4.78 is 0. The number of nitrogens with two attached hydrogens (primary N) is 1. The van der Waals surface area contributed by atoms with E-state index >= 15 is 0 Å².